The number of anilines is 1. The number of nitrogen functional groups attached to an aromatic ring is 1. The molecule has 3 N–H and O–H groups in total. The maximum absolute atomic E-state index is 5.79. The summed E-state index contributed by atoms with van der Waals surface area (Å²) in [7, 11) is 0. The minimum atomic E-state index is 0.496. The fraction of sp³-hybridized carbons (Fsp3) is 0.211. The molecule has 3 heterocycles. The van der Waals surface area contributed by atoms with Crippen molar-refractivity contribution in [3.05, 3.63) is 59.8 Å². The first-order valence-corrected chi connectivity index (χ1v) is 8.29. The predicted molar refractivity (Wildman–Crippen MR) is 99.1 cm³/mol. The fourth-order valence-corrected chi connectivity index (χ4v) is 3.05. The van der Waals surface area contributed by atoms with Gasteiger partial charge in [0.15, 0.2) is 0 Å². The molecular weight excluding hydrogens is 312 g/mol. The number of imidazole rings is 2. The van der Waals surface area contributed by atoms with E-state index in [-0.39, 0.29) is 0 Å². The number of fused-ring (bicyclic) bond motifs is 1. The summed E-state index contributed by atoms with van der Waals surface area (Å²) < 4.78 is 2.11. The number of aromatic nitrogens is 5. The van der Waals surface area contributed by atoms with Gasteiger partial charge in [-0.1, -0.05) is 6.07 Å². The van der Waals surface area contributed by atoms with Crippen LogP contribution in [0, 0.1) is 13.8 Å². The van der Waals surface area contributed by atoms with E-state index in [1.165, 1.54) is 11.1 Å². The topological polar surface area (TPSA) is 85.4 Å². The first-order valence-electron chi connectivity index (χ1n) is 8.29. The van der Waals surface area contributed by atoms with Crippen molar-refractivity contribution in [1.82, 2.24) is 24.5 Å². The van der Waals surface area contributed by atoms with Gasteiger partial charge in [-0.25, -0.2) is 15.0 Å². The van der Waals surface area contributed by atoms with Gasteiger partial charge in [0.2, 0.25) is 0 Å². The molecular formula is C19H20N6. The molecule has 0 atom stereocenters. The average molecular weight is 332 g/mol. The van der Waals surface area contributed by atoms with Gasteiger partial charge < -0.3 is 15.3 Å². The van der Waals surface area contributed by atoms with Crippen LogP contribution in [0.15, 0.2) is 42.9 Å². The second-order valence-electron chi connectivity index (χ2n) is 6.25. The highest BCUT2D eigenvalue weighted by Gasteiger charge is 2.10. The van der Waals surface area contributed by atoms with Crippen LogP contribution in [0.3, 0.4) is 0 Å². The number of nitrogens with two attached hydrogens (primary N) is 1. The Labute approximate surface area is 145 Å². The summed E-state index contributed by atoms with van der Waals surface area (Å²) in [6.07, 6.45) is 6.28. The average Bonchev–Trinajstić information content (AvgIpc) is 3.23. The number of hydrogen-bond donors (Lipinski definition) is 2. The first kappa shape index (κ1) is 15.4. The molecule has 0 unspecified atom stereocenters. The van der Waals surface area contributed by atoms with Crippen LogP contribution in [0.5, 0.6) is 0 Å². The third-order valence-electron chi connectivity index (χ3n) is 4.57. The van der Waals surface area contributed by atoms with Crippen molar-refractivity contribution in [2.24, 2.45) is 0 Å². The highest BCUT2D eigenvalue weighted by Crippen LogP contribution is 2.21. The molecule has 6 heteroatoms. The van der Waals surface area contributed by atoms with Crippen LogP contribution in [0.1, 0.15) is 17.0 Å². The highest BCUT2D eigenvalue weighted by molar-refractivity contribution is 5.79. The van der Waals surface area contributed by atoms with E-state index in [0.29, 0.717) is 5.82 Å². The molecule has 0 aliphatic heterocycles. The molecule has 3 aromatic heterocycles. The number of nitrogens with one attached hydrogen (secondary N) is 1. The van der Waals surface area contributed by atoms with Crippen LogP contribution in [-0.2, 0) is 13.0 Å². The van der Waals surface area contributed by atoms with Crippen molar-refractivity contribution in [2.45, 2.75) is 26.8 Å². The predicted octanol–water partition coefficient (Wildman–Crippen LogP) is 3.26. The Morgan fingerprint density at radius 3 is 2.84 bits per heavy atom. The van der Waals surface area contributed by atoms with Crippen molar-refractivity contribution >= 4 is 16.9 Å². The van der Waals surface area contributed by atoms with Gasteiger partial charge in [0.1, 0.15) is 17.5 Å². The lowest BCUT2D eigenvalue weighted by atomic mass is 10.1. The molecule has 0 saturated heterocycles. The van der Waals surface area contributed by atoms with E-state index in [4.69, 9.17) is 10.7 Å². The number of aromatic amines is 1. The third kappa shape index (κ3) is 2.87. The van der Waals surface area contributed by atoms with Gasteiger partial charge in [0.05, 0.1) is 11.0 Å². The van der Waals surface area contributed by atoms with E-state index in [9.17, 15) is 0 Å². The molecule has 25 heavy (non-hydrogen) atoms. The normalized spacial score (nSPS) is 11.3. The smallest absolute Gasteiger partial charge is 0.140 e. The van der Waals surface area contributed by atoms with Crippen LogP contribution in [0.2, 0.25) is 0 Å². The number of pyridine rings is 1. The molecule has 4 aromatic rings. The van der Waals surface area contributed by atoms with E-state index >= 15 is 0 Å². The number of benzene rings is 1. The number of hydrogen-bond acceptors (Lipinski definition) is 4. The zero-order valence-electron chi connectivity index (χ0n) is 14.3. The standard InChI is InChI=1S/C19H20N6/c1-12-3-4-15-18(13(12)2)24-17(23-15)6-9-25-10-8-22-19(25)14-5-7-21-16(20)11-14/h3-5,7-8,10-11H,6,9H2,1-2H3,(H2,20,21)(H,23,24). The molecule has 0 fully saturated rings. The maximum atomic E-state index is 5.79. The van der Waals surface area contributed by atoms with Gasteiger partial charge >= 0.3 is 0 Å². The minimum Gasteiger partial charge on any atom is -0.384 e. The molecule has 0 radical (unpaired) electrons. The summed E-state index contributed by atoms with van der Waals surface area (Å²) in [5.74, 6) is 2.37. The minimum absolute atomic E-state index is 0.496. The summed E-state index contributed by atoms with van der Waals surface area (Å²) >= 11 is 0. The van der Waals surface area contributed by atoms with Crippen LogP contribution in [0.25, 0.3) is 22.4 Å². The van der Waals surface area contributed by atoms with Gasteiger partial charge in [0.25, 0.3) is 0 Å². The van der Waals surface area contributed by atoms with Crippen LogP contribution >= 0.6 is 0 Å². The molecule has 0 saturated carbocycles. The second kappa shape index (κ2) is 6.05. The number of nitrogens with zero attached hydrogens (tertiary/aromatic N) is 4. The summed E-state index contributed by atoms with van der Waals surface area (Å²) in [6.45, 7) is 5.01. The van der Waals surface area contributed by atoms with Crippen LogP contribution in [0.4, 0.5) is 5.82 Å². The van der Waals surface area contributed by atoms with Gasteiger partial charge in [-0.15, -0.1) is 0 Å². The number of aryl methyl sites for hydroxylation is 4. The molecule has 0 bridgehead atoms. The van der Waals surface area contributed by atoms with Crippen molar-refractivity contribution < 1.29 is 0 Å². The quantitative estimate of drug-likeness (QED) is 0.600. The van der Waals surface area contributed by atoms with E-state index in [0.717, 1.165) is 41.2 Å². The van der Waals surface area contributed by atoms with Crippen LogP contribution < -0.4 is 5.73 Å². The Kier molecular flexibility index (Phi) is 3.72. The van der Waals surface area contributed by atoms with Crippen molar-refractivity contribution in [3.63, 3.8) is 0 Å². The summed E-state index contributed by atoms with van der Waals surface area (Å²) in [5, 5.41) is 0. The monoisotopic (exact) mass is 332 g/mol. The van der Waals surface area contributed by atoms with E-state index in [2.05, 4.69) is 45.5 Å². The Bertz CT molecular complexity index is 1040. The molecule has 0 aliphatic rings. The molecule has 126 valence electrons. The Balaban J connectivity index is 1.59. The maximum Gasteiger partial charge on any atom is 0.140 e. The van der Waals surface area contributed by atoms with Gasteiger partial charge in [-0.3, -0.25) is 0 Å². The van der Waals surface area contributed by atoms with Gasteiger partial charge in [-0.05, 0) is 43.2 Å². The van der Waals surface area contributed by atoms with Crippen molar-refractivity contribution in [3.8, 4) is 11.4 Å². The lowest BCUT2D eigenvalue weighted by Gasteiger charge is -2.07. The second-order valence-corrected chi connectivity index (χ2v) is 6.25. The summed E-state index contributed by atoms with van der Waals surface area (Å²) in [6, 6.07) is 7.98. The van der Waals surface area contributed by atoms with Crippen LogP contribution in [-0.4, -0.2) is 24.5 Å². The zero-order valence-corrected chi connectivity index (χ0v) is 14.3. The molecule has 0 spiro atoms. The summed E-state index contributed by atoms with van der Waals surface area (Å²) in [4.78, 5) is 16.7. The first-order chi connectivity index (χ1) is 12.1. The molecule has 1 aromatic carbocycles. The van der Waals surface area contributed by atoms with Gasteiger partial charge in [0, 0.05) is 37.1 Å². The Hall–Kier alpha value is -3.15. The SMILES string of the molecule is Cc1ccc2[nH]c(CCn3ccnc3-c3ccnc(N)c3)nc2c1C. The Morgan fingerprint density at radius 2 is 2.00 bits per heavy atom. The van der Waals surface area contributed by atoms with Crippen molar-refractivity contribution in [2.75, 3.05) is 5.73 Å². The summed E-state index contributed by atoms with van der Waals surface area (Å²) in [5.41, 5.74) is 11.4. The van der Waals surface area contributed by atoms with E-state index < -0.39 is 0 Å². The largest absolute Gasteiger partial charge is 0.384 e. The Morgan fingerprint density at radius 1 is 1.12 bits per heavy atom. The lowest BCUT2D eigenvalue weighted by Crippen LogP contribution is -2.04. The molecule has 0 aliphatic carbocycles. The number of H-pyrrole nitrogens is 1. The zero-order chi connectivity index (χ0) is 17.4. The molecule has 0 amide bonds. The third-order valence-corrected chi connectivity index (χ3v) is 4.57. The molecule has 6 nitrogen and oxygen atoms in total. The number of rotatable bonds is 4. The fourth-order valence-electron chi connectivity index (χ4n) is 3.05. The van der Waals surface area contributed by atoms with E-state index in [1.54, 1.807) is 12.4 Å². The molecule has 4 rings (SSSR count). The highest BCUT2D eigenvalue weighted by atomic mass is 15.1. The van der Waals surface area contributed by atoms with E-state index in [1.807, 2.05) is 18.3 Å². The lowest BCUT2D eigenvalue weighted by molar-refractivity contribution is 0.684. The van der Waals surface area contributed by atoms with Crippen molar-refractivity contribution in [1.29, 1.82) is 0 Å². The van der Waals surface area contributed by atoms with Gasteiger partial charge in [-0.2, -0.15) is 0 Å².